The van der Waals surface area contributed by atoms with Crippen LogP contribution in [-0.2, 0) is 5.41 Å². The smallest absolute Gasteiger partial charge is 0.255 e. The maximum atomic E-state index is 12.2. The van der Waals surface area contributed by atoms with E-state index in [9.17, 15) is 14.7 Å². The molecule has 2 aromatic rings. The minimum atomic E-state index is -0.334. The summed E-state index contributed by atoms with van der Waals surface area (Å²) in [5.74, 6) is -0.315. The average Bonchev–Trinajstić information content (AvgIpc) is 2.48. The van der Waals surface area contributed by atoms with Crippen LogP contribution in [0.5, 0.6) is 5.75 Å². The number of benzene rings is 2. The standard InChI is InChI=1S/C18H19NO3/c1-18(2,3)14-8-9-16(21)15(10-14)19-17(22)13-6-4-12(11-20)5-7-13/h4-11,21H,1-3H3,(H,19,22). The van der Waals surface area contributed by atoms with E-state index >= 15 is 0 Å². The molecule has 114 valence electrons. The molecule has 2 aromatic carbocycles. The van der Waals surface area contributed by atoms with Gasteiger partial charge in [-0.05, 0) is 35.2 Å². The van der Waals surface area contributed by atoms with Crippen LogP contribution in [-0.4, -0.2) is 17.3 Å². The van der Waals surface area contributed by atoms with Gasteiger partial charge in [-0.2, -0.15) is 0 Å². The van der Waals surface area contributed by atoms with Crippen molar-refractivity contribution < 1.29 is 14.7 Å². The highest BCUT2D eigenvalue weighted by Gasteiger charge is 2.16. The van der Waals surface area contributed by atoms with E-state index in [0.717, 1.165) is 11.8 Å². The second-order valence-electron chi connectivity index (χ2n) is 6.18. The fourth-order valence-electron chi connectivity index (χ4n) is 2.01. The van der Waals surface area contributed by atoms with Crippen LogP contribution in [0, 0.1) is 0 Å². The van der Waals surface area contributed by atoms with Gasteiger partial charge in [-0.3, -0.25) is 9.59 Å². The summed E-state index contributed by atoms with van der Waals surface area (Å²) in [6.07, 6.45) is 0.723. The highest BCUT2D eigenvalue weighted by molar-refractivity contribution is 6.05. The Balaban J connectivity index is 2.25. The fourth-order valence-corrected chi connectivity index (χ4v) is 2.01. The van der Waals surface area contributed by atoms with Gasteiger partial charge in [-0.1, -0.05) is 39.0 Å². The third-order valence-corrected chi connectivity index (χ3v) is 3.42. The van der Waals surface area contributed by atoms with Gasteiger partial charge in [0.2, 0.25) is 0 Å². The molecule has 2 N–H and O–H groups in total. The first-order valence-corrected chi connectivity index (χ1v) is 7.01. The summed E-state index contributed by atoms with van der Waals surface area (Å²) in [5.41, 5.74) is 2.23. The summed E-state index contributed by atoms with van der Waals surface area (Å²) < 4.78 is 0. The predicted octanol–water partition coefficient (Wildman–Crippen LogP) is 3.75. The number of anilines is 1. The lowest BCUT2D eigenvalue weighted by Crippen LogP contribution is -2.15. The summed E-state index contributed by atoms with van der Waals surface area (Å²) in [6, 6.07) is 11.5. The molecule has 22 heavy (non-hydrogen) atoms. The number of amides is 1. The molecule has 0 aliphatic heterocycles. The summed E-state index contributed by atoms with van der Waals surface area (Å²) in [4.78, 5) is 22.8. The number of aromatic hydroxyl groups is 1. The molecule has 0 unspecified atom stereocenters. The molecule has 0 fully saturated rings. The molecule has 0 heterocycles. The van der Waals surface area contributed by atoms with Crippen LogP contribution in [0.15, 0.2) is 42.5 Å². The van der Waals surface area contributed by atoms with Crippen LogP contribution in [0.3, 0.4) is 0 Å². The number of hydrogen-bond acceptors (Lipinski definition) is 3. The minimum Gasteiger partial charge on any atom is -0.506 e. The van der Waals surface area contributed by atoms with Gasteiger partial charge >= 0.3 is 0 Å². The predicted molar refractivity (Wildman–Crippen MR) is 86.6 cm³/mol. The lowest BCUT2D eigenvalue weighted by atomic mass is 9.87. The first-order valence-electron chi connectivity index (χ1n) is 7.01. The number of carbonyl (C=O) groups is 2. The number of phenols is 1. The Bertz CT molecular complexity index is 697. The molecular weight excluding hydrogens is 278 g/mol. The van der Waals surface area contributed by atoms with Gasteiger partial charge in [0.05, 0.1) is 5.69 Å². The Kier molecular flexibility index (Phi) is 4.31. The molecule has 0 spiro atoms. The van der Waals surface area contributed by atoms with Crippen molar-refractivity contribution >= 4 is 17.9 Å². The zero-order valence-corrected chi connectivity index (χ0v) is 12.9. The van der Waals surface area contributed by atoms with Crippen LogP contribution in [0.1, 0.15) is 47.1 Å². The molecule has 0 aliphatic rings. The highest BCUT2D eigenvalue weighted by Crippen LogP contribution is 2.30. The largest absolute Gasteiger partial charge is 0.506 e. The van der Waals surface area contributed by atoms with Crippen molar-refractivity contribution in [1.82, 2.24) is 0 Å². The summed E-state index contributed by atoms with van der Waals surface area (Å²) >= 11 is 0. The summed E-state index contributed by atoms with van der Waals surface area (Å²) in [7, 11) is 0. The number of rotatable bonds is 3. The third-order valence-electron chi connectivity index (χ3n) is 3.42. The van der Waals surface area contributed by atoms with Crippen molar-refractivity contribution in [3.05, 3.63) is 59.2 Å². The van der Waals surface area contributed by atoms with Crippen LogP contribution in [0.4, 0.5) is 5.69 Å². The van der Waals surface area contributed by atoms with E-state index in [1.165, 1.54) is 0 Å². The minimum absolute atomic E-state index is 0.0193. The number of aldehydes is 1. The summed E-state index contributed by atoms with van der Waals surface area (Å²) in [6.45, 7) is 6.18. The van der Waals surface area contributed by atoms with E-state index in [4.69, 9.17) is 0 Å². The van der Waals surface area contributed by atoms with E-state index in [2.05, 4.69) is 26.1 Å². The van der Waals surface area contributed by atoms with Crippen LogP contribution in [0.25, 0.3) is 0 Å². The van der Waals surface area contributed by atoms with E-state index in [1.54, 1.807) is 36.4 Å². The lowest BCUT2D eigenvalue weighted by molar-refractivity contribution is 0.102. The SMILES string of the molecule is CC(C)(C)c1ccc(O)c(NC(=O)c2ccc(C=O)cc2)c1. The lowest BCUT2D eigenvalue weighted by Gasteiger charge is -2.20. The van der Waals surface area contributed by atoms with Crippen molar-refractivity contribution in [2.75, 3.05) is 5.32 Å². The Morgan fingerprint density at radius 2 is 1.73 bits per heavy atom. The van der Waals surface area contributed by atoms with Crippen molar-refractivity contribution in [1.29, 1.82) is 0 Å². The topological polar surface area (TPSA) is 66.4 Å². The van der Waals surface area contributed by atoms with Gasteiger partial charge in [-0.25, -0.2) is 0 Å². The molecule has 0 bridgehead atoms. The first kappa shape index (κ1) is 15.8. The van der Waals surface area contributed by atoms with E-state index < -0.39 is 0 Å². The normalized spacial score (nSPS) is 11.0. The van der Waals surface area contributed by atoms with E-state index in [-0.39, 0.29) is 17.1 Å². The number of hydrogen-bond donors (Lipinski definition) is 2. The number of carbonyl (C=O) groups excluding carboxylic acids is 2. The molecule has 0 saturated heterocycles. The van der Waals surface area contributed by atoms with Crippen LogP contribution >= 0.6 is 0 Å². The van der Waals surface area contributed by atoms with Crippen LogP contribution < -0.4 is 5.32 Å². The second-order valence-corrected chi connectivity index (χ2v) is 6.18. The molecule has 0 aliphatic carbocycles. The molecular formula is C18H19NO3. The van der Waals surface area contributed by atoms with Gasteiger partial charge in [-0.15, -0.1) is 0 Å². The van der Waals surface area contributed by atoms with Crippen molar-refractivity contribution in [2.24, 2.45) is 0 Å². The zero-order chi connectivity index (χ0) is 16.3. The maximum absolute atomic E-state index is 12.2. The van der Waals surface area contributed by atoms with Gasteiger partial charge in [0.15, 0.2) is 0 Å². The van der Waals surface area contributed by atoms with Crippen molar-refractivity contribution in [3.63, 3.8) is 0 Å². The molecule has 0 saturated carbocycles. The Hall–Kier alpha value is -2.62. The van der Waals surface area contributed by atoms with Crippen LogP contribution in [0.2, 0.25) is 0 Å². The van der Waals surface area contributed by atoms with Gasteiger partial charge in [0.1, 0.15) is 12.0 Å². The highest BCUT2D eigenvalue weighted by atomic mass is 16.3. The van der Waals surface area contributed by atoms with Crippen molar-refractivity contribution in [3.8, 4) is 5.75 Å². The maximum Gasteiger partial charge on any atom is 0.255 e. The number of phenolic OH excluding ortho intramolecular Hbond substituents is 1. The number of nitrogens with one attached hydrogen (secondary N) is 1. The van der Waals surface area contributed by atoms with E-state index in [1.807, 2.05) is 6.07 Å². The molecule has 2 rings (SSSR count). The Morgan fingerprint density at radius 1 is 1.09 bits per heavy atom. The Labute approximate surface area is 129 Å². The van der Waals surface area contributed by atoms with E-state index in [0.29, 0.717) is 16.8 Å². The summed E-state index contributed by atoms with van der Waals surface area (Å²) in [5, 5.41) is 12.6. The molecule has 4 heteroatoms. The average molecular weight is 297 g/mol. The molecule has 0 atom stereocenters. The zero-order valence-electron chi connectivity index (χ0n) is 12.9. The third kappa shape index (κ3) is 3.52. The fraction of sp³-hybridized carbons (Fsp3) is 0.222. The molecule has 4 nitrogen and oxygen atoms in total. The van der Waals surface area contributed by atoms with Gasteiger partial charge < -0.3 is 10.4 Å². The monoisotopic (exact) mass is 297 g/mol. The van der Waals surface area contributed by atoms with Gasteiger partial charge in [0.25, 0.3) is 5.91 Å². The molecule has 0 radical (unpaired) electrons. The molecule has 0 aromatic heterocycles. The molecule has 1 amide bonds. The Morgan fingerprint density at radius 3 is 2.27 bits per heavy atom. The quantitative estimate of drug-likeness (QED) is 0.669. The first-order chi connectivity index (χ1) is 10.3. The van der Waals surface area contributed by atoms with Gasteiger partial charge in [0, 0.05) is 11.1 Å². The second kappa shape index (κ2) is 6.02. The van der Waals surface area contributed by atoms with Crippen molar-refractivity contribution in [2.45, 2.75) is 26.2 Å².